The first-order chi connectivity index (χ1) is 10.2. The maximum atomic E-state index is 10.6. The quantitative estimate of drug-likeness (QED) is 0.889. The highest BCUT2D eigenvalue weighted by Crippen LogP contribution is 2.44. The van der Waals surface area contributed by atoms with Crippen molar-refractivity contribution in [2.75, 3.05) is 28.4 Å². The zero-order valence-electron chi connectivity index (χ0n) is 12.4. The van der Waals surface area contributed by atoms with Crippen molar-refractivity contribution in [2.24, 2.45) is 0 Å². The first kappa shape index (κ1) is 15.5. The average Bonchev–Trinajstić information content (AvgIpc) is 3.01. The molecule has 0 radical (unpaired) electrons. The van der Waals surface area contributed by atoms with E-state index in [1.807, 2.05) is 5.38 Å². The fourth-order valence-corrected chi connectivity index (χ4v) is 2.93. The summed E-state index contributed by atoms with van der Waals surface area (Å²) in [4.78, 5) is 0.761. The molecule has 21 heavy (non-hydrogen) atoms. The molecule has 114 valence electrons. The van der Waals surface area contributed by atoms with Crippen LogP contribution in [0.2, 0.25) is 0 Å². The Hall–Kier alpha value is -1.92. The molecular formula is C15H18O5S. The second-order valence-corrected chi connectivity index (χ2v) is 5.16. The first-order valence-corrected chi connectivity index (χ1v) is 7.13. The van der Waals surface area contributed by atoms with Crippen molar-refractivity contribution in [1.29, 1.82) is 0 Å². The van der Waals surface area contributed by atoms with Crippen LogP contribution >= 0.6 is 11.3 Å². The fourth-order valence-electron chi connectivity index (χ4n) is 2.08. The van der Waals surface area contributed by atoms with Crippen molar-refractivity contribution < 1.29 is 24.1 Å². The summed E-state index contributed by atoms with van der Waals surface area (Å²) in [6.45, 7) is 0. The highest BCUT2D eigenvalue weighted by Gasteiger charge is 2.23. The molecule has 5 nitrogen and oxygen atoms in total. The third-order valence-corrected chi connectivity index (χ3v) is 4.09. The Balaban J connectivity index is 2.47. The maximum absolute atomic E-state index is 10.6. The number of methoxy groups -OCH3 is 4. The molecule has 6 heteroatoms. The lowest BCUT2D eigenvalue weighted by atomic mass is 10.1. The summed E-state index contributed by atoms with van der Waals surface area (Å²) in [6, 6.07) is 5.30. The van der Waals surface area contributed by atoms with E-state index < -0.39 is 6.10 Å². The monoisotopic (exact) mass is 310 g/mol. The molecule has 1 unspecified atom stereocenters. The third-order valence-electron chi connectivity index (χ3n) is 3.13. The Morgan fingerprint density at radius 1 is 0.952 bits per heavy atom. The molecule has 1 N–H and O–H groups in total. The standard InChI is InChI=1S/C15H18O5S/c1-17-9-7-12(21-8-9)13(16)10-5-6-11(18-2)15(20-4)14(10)19-3/h5-8,13,16H,1-4H3. The first-order valence-electron chi connectivity index (χ1n) is 6.25. The number of rotatable bonds is 6. The van der Waals surface area contributed by atoms with E-state index in [0.717, 1.165) is 4.88 Å². The van der Waals surface area contributed by atoms with Gasteiger partial charge in [-0.3, -0.25) is 0 Å². The number of ether oxygens (including phenoxy) is 4. The van der Waals surface area contributed by atoms with Crippen molar-refractivity contribution in [2.45, 2.75) is 6.10 Å². The van der Waals surface area contributed by atoms with Crippen molar-refractivity contribution in [3.8, 4) is 23.0 Å². The van der Waals surface area contributed by atoms with Gasteiger partial charge in [-0.2, -0.15) is 0 Å². The van der Waals surface area contributed by atoms with Gasteiger partial charge in [0.05, 0.1) is 28.4 Å². The second kappa shape index (κ2) is 6.69. The van der Waals surface area contributed by atoms with Gasteiger partial charge in [0.15, 0.2) is 11.5 Å². The van der Waals surface area contributed by atoms with Crippen LogP contribution in [0.15, 0.2) is 23.6 Å². The predicted molar refractivity (Wildman–Crippen MR) is 81.0 cm³/mol. The van der Waals surface area contributed by atoms with E-state index in [1.165, 1.54) is 25.6 Å². The van der Waals surface area contributed by atoms with Gasteiger partial charge in [0.2, 0.25) is 5.75 Å². The van der Waals surface area contributed by atoms with E-state index >= 15 is 0 Å². The molecule has 0 fully saturated rings. The normalized spacial score (nSPS) is 11.9. The molecule has 0 amide bonds. The van der Waals surface area contributed by atoms with Gasteiger partial charge in [-0.15, -0.1) is 11.3 Å². The van der Waals surface area contributed by atoms with Crippen LogP contribution in [0.25, 0.3) is 0 Å². The van der Waals surface area contributed by atoms with Crippen LogP contribution in [0.3, 0.4) is 0 Å². The number of benzene rings is 1. The zero-order chi connectivity index (χ0) is 15.4. The molecule has 0 saturated carbocycles. The van der Waals surface area contributed by atoms with Gasteiger partial charge in [-0.25, -0.2) is 0 Å². The Morgan fingerprint density at radius 3 is 2.19 bits per heavy atom. The van der Waals surface area contributed by atoms with Gasteiger partial charge < -0.3 is 24.1 Å². The molecule has 0 saturated heterocycles. The van der Waals surface area contributed by atoms with Crippen LogP contribution in [0.4, 0.5) is 0 Å². The summed E-state index contributed by atoms with van der Waals surface area (Å²) in [6.07, 6.45) is -0.825. The minimum Gasteiger partial charge on any atom is -0.496 e. The summed E-state index contributed by atoms with van der Waals surface area (Å²) < 4.78 is 21.1. The topological polar surface area (TPSA) is 57.2 Å². The Kier molecular flexibility index (Phi) is 4.93. The van der Waals surface area contributed by atoms with E-state index in [9.17, 15) is 5.11 Å². The van der Waals surface area contributed by atoms with Crippen LogP contribution in [0.5, 0.6) is 23.0 Å². The van der Waals surface area contributed by atoms with Crippen LogP contribution in [0.1, 0.15) is 16.5 Å². The lowest BCUT2D eigenvalue weighted by molar-refractivity contribution is 0.215. The summed E-state index contributed by atoms with van der Waals surface area (Å²) in [5.74, 6) is 2.18. The molecule has 1 heterocycles. The number of aliphatic hydroxyl groups is 1. The largest absolute Gasteiger partial charge is 0.496 e. The SMILES string of the molecule is COc1csc(C(O)c2ccc(OC)c(OC)c2OC)c1. The van der Waals surface area contributed by atoms with Crippen molar-refractivity contribution in [1.82, 2.24) is 0 Å². The lowest BCUT2D eigenvalue weighted by Crippen LogP contribution is -2.03. The Morgan fingerprint density at radius 2 is 1.67 bits per heavy atom. The Bertz CT molecular complexity index is 608. The summed E-state index contributed by atoms with van der Waals surface area (Å²) >= 11 is 1.42. The molecule has 2 rings (SSSR count). The molecule has 0 aliphatic rings. The zero-order valence-corrected chi connectivity index (χ0v) is 13.2. The van der Waals surface area contributed by atoms with Gasteiger partial charge in [0.25, 0.3) is 0 Å². The molecular weight excluding hydrogens is 292 g/mol. The van der Waals surface area contributed by atoms with E-state index in [2.05, 4.69) is 0 Å². The van der Waals surface area contributed by atoms with Gasteiger partial charge in [-0.1, -0.05) is 0 Å². The molecule has 1 atom stereocenters. The average molecular weight is 310 g/mol. The maximum Gasteiger partial charge on any atom is 0.203 e. The number of hydrogen-bond donors (Lipinski definition) is 1. The van der Waals surface area contributed by atoms with E-state index in [0.29, 0.717) is 28.6 Å². The summed E-state index contributed by atoms with van der Waals surface area (Å²) in [7, 11) is 6.21. The lowest BCUT2D eigenvalue weighted by Gasteiger charge is -2.18. The summed E-state index contributed by atoms with van der Waals surface area (Å²) in [5, 5.41) is 12.4. The van der Waals surface area contributed by atoms with E-state index in [-0.39, 0.29) is 0 Å². The fraction of sp³-hybridized carbons (Fsp3) is 0.333. The van der Waals surface area contributed by atoms with Crippen LogP contribution in [-0.2, 0) is 0 Å². The van der Waals surface area contributed by atoms with E-state index in [1.54, 1.807) is 32.4 Å². The smallest absolute Gasteiger partial charge is 0.203 e. The van der Waals surface area contributed by atoms with E-state index in [4.69, 9.17) is 18.9 Å². The summed E-state index contributed by atoms with van der Waals surface area (Å²) in [5.41, 5.74) is 0.611. The van der Waals surface area contributed by atoms with Crippen molar-refractivity contribution >= 4 is 11.3 Å². The number of thiophene rings is 1. The minimum absolute atomic E-state index is 0.455. The number of aliphatic hydroxyl groups excluding tert-OH is 1. The van der Waals surface area contributed by atoms with Crippen LogP contribution < -0.4 is 18.9 Å². The highest BCUT2D eigenvalue weighted by molar-refractivity contribution is 7.10. The predicted octanol–water partition coefficient (Wildman–Crippen LogP) is 2.86. The molecule has 0 spiro atoms. The second-order valence-electron chi connectivity index (χ2n) is 4.21. The van der Waals surface area contributed by atoms with Gasteiger partial charge in [0.1, 0.15) is 11.9 Å². The molecule has 1 aromatic heterocycles. The number of hydrogen-bond acceptors (Lipinski definition) is 6. The molecule has 2 aromatic rings. The highest BCUT2D eigenvalue weighted by atomic mass is 32.1. The van der Waals surface area contributed by atoms with Crippen LogP contribution in [0, 0.1) is 0 Å². The van der Waals surface area contributed by atoms with Gasteiger partial charge >= 0.3 is 0 Å². The molecule has 0 aliphatic carbocycles. The molecule has 1 aromatic carbocycles. The van der Waals surface area contributed by atoms with Gasteiger partial charge in [-0.05, 0) is 18.2 Å². The van der Waals surface area contributed by atoms with Crippen molar-refractivity contribution in [3.63, 3.8) is 0 Å². The van der Waals surface area contributed by atoms with Gasteiger partial charge in [0, 0.05) is 15.8 Å². The third kappa shape index (κ3) is 2.91. The molecule has 0 aliphatic heterocycles. The van der Waals surface area contributed by atoms with Crippen LogP contribution in [-0.4, -0.2) is 33.5 Å². The minimum atomic E-state index is -0.825. The van der Waals surface area contributed by atoms with Crippen molar-refractivity contribution in [3.05, 3.63) is 34.0 Å². The Labute approximate surface area is 127 Å². The molecule has 0 bridgehead atoms.